The van der Waals surface area contributed by atoms with Gasteiger partial charge in [0.15, 0.2) is 5.82 Å². The quantitative estimate of drug-likeness (QED) is 0.121. The van der Waals surface area contributed by atoms with Gasteiger partial charge in [-0.3, -0.25) is 0 Å². The van der Waals surface area contributed by atoms with E-state index in [1.807, 2.05) is 0 Å². The first kappa shape index (κ1) is 67.6. The molecule has 0 spiro atoms. The van der Waals surface area contributed by atoms with E-state index in [0.29, 0.717) is 17.7 Å². The summed E-state index contributed by atoms with van der Waals surface area (Å²) in [6.07, 6.45) is 12.5. The van der Waals surface area contributed by atoms with E-state index in [1.54, 1.807) is 0 Å². The topological polar surface area (TPSA) is 32.3 Å². The molecule has 514 valence electrons. The Balaban J connectivity index is 1.06. The Hall–Kier alpha value is -9.84. The van der Waals surface area contributed by atoms with E-state index in [9.17, 15) is 0 Å². The highest BCUT2D eigenvalue weighted by Gasteiger charge is 2.45. The second-order valence-electron chi connectivity index (χ2n) is 34.4. The Kier molecular flexibility index (Phi) is 17.6. The number of anilines is 6. The van der Waals surface area contributed by atoms with Crippen LogP contribution in [0.1, 0.15) is 193 Å². The lowest BCUT2D eigenvalue weighted by atomic mass is 9.33. The molecule has 12 aromatic rings. The molecule has 0 amide bonds. The van der Waals surface area contributed by atoms with Gasteiger partial charge < -0.3 is 9.80 Å². The number of aromatic nitrogens is 2. The van der Waals surface area contributed by atoms with Crippen LogP contribution in [0.15, 0.2) is 249 Å². The van der Waals surface area contributed by atoms with Gasteiger partial charge in [-0.15, -0.1) is 0 Å². The van der Waals surface area contributed by atoms with Crippen LogP contribution in [0.4, 0.5) is 34.1 Å². The van der Waals surface area contributed by atoms with Gasteiger partial charge in [0.1, 0.15) is 0 Å². The number of hydrogen-bond acceptors (Lipinski definition) is 4. The normalized spacial score (nSPS) is 15.0. The average Bonchev–Trinajstić information content (AvgIpc) is 0.692. The summed E-state index contributed by atoms with van der Waals surface area (Å²) in [4.78, 5) is 17.2. The Bertz CT molecular complexity index is 4650. The molecule has 2 saturated carbocycles. The fourth-order valence-corrected chi connectivity index (χ4v) is 16.9. The third-order valence-electron chi connectivity index (χ3n) is 23.0. The van der Waals surface area contributed by atoms with Gasteiger partial charge in [-0.2, -0.15) is 0 Å². The molecule has 0 atom stereocenters. The highest BCUT2D eigenvalue weighted by atomic mass is 15.2. The van der Waals surface area contributed by atoms with Crippen LogP contribution in [0.3, 0.4) is 0 Å². The minimum Gasteiger partial charge on any atom is -0.311 e. The van der Waals surface area contributed by atoms with Gasteiger partial charge in [0, 0.05) is 50.8 Å². The zero-order valence-electron chi connectivity index (χ0n) is 62.8. The predicted molar refractivity (Wildman–Crippen MR) is 441 cm³/mol. The van der Waals surface area contributed by atoms with Crippen molar-refractivity contribution < 1.29 is 0 Å². The summed E-state index contributed by atoms with van der Waals surface area (Å²) < 4.78 is 0. The van der Waals surface area contributed by atoms with Crippen LogP contribution < -0.4 is 26.2 Å². The van der Waals surface area contributed by atoms with Gasteiger partial charge in [-0.05, 0) is 244 Å². The number of benzene rings is 11. The maximum atomic E-state index is 6.03. The SMILES string of the molecule is CC(C)(C)c1cc(-c2cc(-c3cc4c5c(c3)N(c3cc(-c6ccccc6)cc(-c6ccccc6)c3)c3ccc(C6CCCCC6)cc3B5c3cc(C5CCCCC5)ccc3N4c3cc(-c4ccccc4)cc(-c4ccccc4)c3)nc(-c3cc(C(C)(C)C)cc(C(C)(C)C)c3)n2)cc(C(C)(C)C)c1. The van der Waals surface area contributed by atoms with Gasteiger partial charge in [-0.25, -0.2) is 9.97 Å². The molecule has 1 aromatic heterocycles. The molecule has 11 aromatic carbocycles. The standard InChI is InChI=1S/C98H99BN4/c1-95(2,3)79-49-76(50-80(61-79)96(4,5)6)87-63-88(101-94(100-87)78-51-81(97(7,8)9)62-82(52-78)98(10,11)12)77-59-91-93-92(60-77)103(84-55-74(68-39-27-17-28-40-68)48-75(56-84)69-41-29-18-30-42-69)90-46-44-71(65-33-21-14-22-34-65)58-86(90)99(93)85-57-70(64-31-19-13-20-32-64)43-45-89(85)102(91)83-53-72(66-35-23-15-24-36-66)47-73(54-83)67-37-25-16-26-38-67/h15-18,23-30,35-65H,13-14,19-22,31-34H2,1-12H3. The van der Waals surface area contributed by atoms with Crippen molar-refractivity contribution in [2.24, 2.45) is 0 Å². The molecule has 4 aliphatic rings. The van der Waals surface area contributed by atoms with E-state index in [2.05, 4.69) is 342 Å². The lowest BCUT2D eigenvalue weighted by molar-refractivity contribution is 0.444. The van der Waals surface area contributed by atoms with E-state index in [4.69, 9.17) is 9.97 Å². The molecule has 2 fully saturated rings. The number of nitrogens with zero attached hydrogens (tertiary/aromatic N) is 4. The summed E-state index contributed by atoms with van der Waals surface area (Å²) in [5, 5.41) is 0. The Morgan fingerprint density at radius 2 is 0.602 bits per heavy atom. The summed E-state index contributed by atoms with van der Waals surface area (Å²) in [6, 6.07) is 96.1. The van der Waals surface area contributed by atoms with Crippen molar-refractivity contribution in [1.82, 2.24) is 9.97 Å². The predicted octanol–water partition coefficient (Wildman–Crippen LogP) is 25.5. The number of rotatable bonds is 11. The van der Waals surface area contributed by atoms with Gasteiger partial charge >= 0.3 is 0 Å². The van der Waals surface area contributed by atoms with E-state index >= 15 is 0 Å². The van der Waals surface area contributed by atoms with Crippen LogP contribution in [0.2, 0.25) is 0 Å². The Labute approximate surface area is 614 Å². The van der Waals surface area contributed by atoms with Gasteiger partial charge in [0.2, 0.25) is 0 Å². The first-order valence-electron chi connectivity index (χ1n) is 38.3. The van der Waals surface area contributed by atoms with Crippen LogP contribution in [0.25, 0.3) is 78.4 Å². The van der Waals surface area contributed by atoms with E-state index in [1.165, 1.54) is 170 Å². The highest BCUT2D eigenvalue weighted by molar-refractivity contribution is 7.00. The van der Waals surface area contributed by atoms with Crippen molar-refractivity contribution in [3.8, 4) is 78.4 Å². The molecule has 0 saturated heterocycles. The molecule has 3 heterocycles. The van der Waals surface area contributed by atoms with Gasteiger partial charge in [0.25, 0.3) is 6.71 Å². The van der Waals surface area contributed by atoms with Crippen molar-refractivity contribution in [3.63, 3.8) is 0 Å². The summed E-state index contributed by atoms with van der Waals surface area (Å²) in [5.74, 6) is 1.72. The second-order valence-corrected chi connectivity index (χ2v) is 34.4. The van der Waals surface area contributed by atoms with Gasteiger partial charge in [0.05, 0.1) is 11.4 Å². The van der Waals surface area contributed by atoms with Crippen molar-refractivity contribution >= 4 is 57.2 Å². The minimum absolute atomic E-state index is 0.108. The Morgan fingerprint density at radius 3 is 0.932 bits per heavy atom. The molecule has 103 heavy (non-hydrogen) atoms. The molecule has 0 unspecified atom stereocenters. The largest absolute Gasteiger partial charge is 0.311 e. The summed E-state index contributed by atoms with van der Waals surface area (Å²) >= 11 is 0. The van der Waals surface area contributed by atoms with Crippen molar-refractivity contribution in [2.45, 2.75) is 181 Å². The summed E-state index contributed by atoms with van der Waals surface area (Å²) in [5.41, 5.74) is 32.8. The van der Waals surface area contributed by atoms with Crippen LogP contribution >= 0.6 is 0 Å². The van der Waals surface area contributed by atoms with Crippen molar-refractivity contribution in [3.05, 3.63) is 282 Å². The van der Waals surface area contributed by atoms with Crippen LogP contribution in [-0.2, 0) is 21.7 Å². The third-order valence-corrected chi connectivity index (χ3v) is 23.0. The fraction of sp³-hybridized carbons (Fsp3) is 0.286. The molecule has 0 radical (unpaired) electrons. The molecular formula is C98H99BN4. The Morgan fingerprint density at radius 1 is 0.282 bits per heavy atom. The minimum atomic E-state index is -0.138. The maximum Gasteiger partial charge on any atom is 0.252 e. The smallest absolute Gasteiger partial charge is 0.252 e. The molecule has 2 aliphatic heterocycles. The monoisotopic (exact) mass is 1340 g/mol. The van der Waals surface area contributed by atoms with Gasteiger partial charge in [-0.1, -0.05) is 279 Å². The van der Waals surface area contributed by atoms with Crippen LogP contribution in [-0.4, -0.2) is 16.7 Å². The molecule has 4 nitrogen and oxygen atoms in total. The van der Waals surface area contributed by atoms with Crippen LogP contribution in [0.5, 0.6) is 0 Å². The fourth-order valence-electron chi connectivity index (χ4n) is 16.9. The van der Waals surface area contributed by atoms with E-state index < -0.39 is 0 Å². The summed E-state index contributed by atoms with van der Waals surface area (Å²) in [7, 11) is 0. The number of fused-ring (bicyclic) bond motifs is 4. The molecule has 2 aliphatic carbocycles. The van der Waals surface area contributed by atoms with Crippen molar-refractivity contribution in [1.29, 1.82) is 0 Å². The maximum absolute atomic E-state index is 6.03. The highest BCUT2D eigenvalue weighted by Crippen LogP contribution is 2.51. The van der Waals surface area contributed by atoms with Crippen LogP contribution in [0, 0.1) is 0 Å². The second kappa shape index (κ2) is 26.8. The summed E-state index contributed by atoms with van der Waals surface area (Å²) in [6.45, 7) is 27.9. The lowest BCUT2D eigenvalue weighted by Gasteiger charge is -2.45. The molecule has 16 rings (SSSR count). The van der Waals surface area contributed by atoms with E-state index in [-0.39, 0.29) is 28.4 Å². The molecular weight excluding hydrogens is 1240 g/mol. The zero-order valence-corrected chi connectivity index (χ0v) is 62.8. The molecule has 0 bridgehead atoms. The zero-order chi connectivity index (χ0) is 71.1. The molecule has 5 heteroatoms. The first-order valence-corrected chi connectivity index (χ1v) is 38.3. The van der Waals surface area contributed by atoms with E-state index in [0.717, 1.165) is 50.8 Å². The number of hydrogen-bond donors (Lipinski definition) is 0. The molecule has 0 N–H and O–H groups in total. The lowest BCUT2D eigenvalue weighted by Crippen LogP contribution is -2.61. The first-order chi connectivity index (χ1) is 49.5. The van der Waals surface area contributed by atoms with Crippen molar-refractivity contribution in [2.75, 3.05) is 9.80 Å². The average molecular weight is 1340 g/mol. The third kappa shape index (κ3) is 13.4.